The van der Waals surface area contributed by atoms with Crippen molar-refractivity contribution in [3.8, 4) is 24.2 Å². The van der Waals surface area contributed by atoms with E-state index >= 15 is 0 Å². The zero-order chi connectivity index (χ0) is 79.9. The van der Waals surface area contributed by atoms with Gasteiger partial charge in [0.1, 0.15) is 27.9 Å². The van der Waals surface area contributed by atoms with Gasteiger partial charge < -0.3 is 0 Å². The van der Waals surface area contributed by atoms with E-state index in [0.717, 1.165) is 58.0 Å². The zero-order valence-corrected chi connectivity index (χ0v) is 70.1. The van der Waals surface area contributed by atoms with Crippen molar-refractivity contribution in [3.63, 3.8) is 0 Å². The van der Waals surface area contributed by atoms with Gasteiger partial charge in [0, 0.05) is 18.8 Å². The molecule has 0 aliphatic heterocycles. The van der Waals surface area contributed by atoms with Gasteiger partial charge in [-0.2, -0.15) is 50.5 Å². The molecule has 0 heterocycles. The Morgan fingerprint density at radius 3 is 1.02 bits per heavy atom. The standard InChI is InChI=1S/C17H28O3S.C14H22O3S.C13H16O3S.C12H17NO3S.C12H14O3S.C11H16O3S/c1-8-20-21(18,19)17-15(12(4)5)9-14(11(2)3)10-16(17)13(6)7;1-6-17-18(15,16)14-12(10(2)3)8-7-9-13(14)11(4)5;1-4-5-10-16-17(14,15)13-8-6-12(7-9-13)11(2)3;1-9(2)11-7-5-6-10(8-13-3)12(11)17(14,15)16-4;1-4-9-15-16(13,14)12-7-5-11(6-8-12)10(2)3;1-4-9(2)10-5-7-11(8-6-10)15(12,13)14-3/h9-13H,8H2,1-7H3;7-11H,6H2,1-5H3;6-9,11H,10H2,1-3H3;5-9H,1-4H3;1,5-8,10H,9H2,2-3H3;5-9H,4H2,1-3H3. The van der Waals surface area contributed by atoms with Crippen LogP contribution in [0.4, 0.5) is 0 Å². The van der Waals surface area contributed by atoms with Crippen LogP contribution >= 0.6 is 0 Å². The number of rotatable bonds is 27. The molecule has 0 bridgehead atoms. The van der Waals surface area contributed by atoms with E-state index < -0.39 is 60.7 Å². The van der Waals surface area contributed by atoms with Gasteiger partial charge in [0.05, 0.1) is 42.1 Å². The molecule has 0 radical (unpaired) electrons. The molecule has 1 atom stereocenters. The first-order valence-corrected chi connectivity index (χ1v) is 42.9. The number of benzene rings is 6. The molecule has 6 rings (SSSR count). The molecular weight excluding hydrogens is 1440 g/mol. The van der Waals surface area contributed by atoms with Crippen molar-refractivity contribution in [1.82, 2.24) is 0 Å². The number of hydrogen-bond donors (Lipinski definition) is 0. The van der Waals surface area contributed by atoms with Gasteiger partial charge in [-0.3, -0.25) is 30.1 Å². The molecule has 19 nitrogen and oxygen atoms in total. The van der Waals surface area contributed by atoms with Crippen LogP contribution in [0.15, 0.2) is 156 Å². The first-order valence-electron chi connectivity index (χ1n) is 34.5. The lowest BCUT2D eigenvalue weighted by Gasteiger charge is -2.22. The van der Waals surface area contributed by atoms with Crippen molar-refractivity contribution in [2.45, 2.75) is 234 Å². The van der Waals surface area contributed by atoms with Crippen molar-refractivity contribution in [2.24, 2.45) is 4.99 Å². The SMILES string of the molecule is C#CCOS(=O)(=O)c1ccc(C(C)C)cc1.CC#CCOS(=O)(=O)c1ccc(C(C)C)cc1.CCC(C)c1ccc(S(=O)(=O)OC)cc1.CCOS(=O)(=O)c1c(C(C)C)cc(C(C)C)cc1C(C)C.CCOS(=O)(=O)c1c(C(C)C)cccc1C(C)C.CN=Cc1cccc(C(C)C)c1S(=O)(=O)OC. The average Bonchev–Trinajstić information content (AvgIpc) is 0.781. The van der Waals surface area contributed by atoms with Crippen molar-refractivity contribution in [2.75, 3.05) is 47.7 Å². The van der Waals surface area contributed by atoms with Crippen LogP contribution in [0.5, 0.6) is 0 Å². The third kappa shape index (κ3) is 29.7. The van der Waals surface area contributed by atoms with Crippen molar-refractivity contribution < 1.29 is 75.6 Å². The summed E-state index contributed by atoms with van der Waals surface area (Å²) in [7, 11) is -18.1. The highest BCUT2D eigenvalue weighted by Gasteiger charge is 2.29. The van der Waals surface area contributed by atoms with Crippen LogP contribution in [0.1, 0.15) is 261 Å². The van der Waals surface area contributed by atoms with E-state index in [1.807, 2.05) is 132 Å². The first-order chi connectivity index (χ1) is 48.3. The number of aliphatic imine (C=N–C) groups is 1. The fourth-order valence-electron chi connectivity index (χ4n) is 9.78. The molecule has 1 unspecified atom stereocenters. The quantitative estimate of drug-likeness (QED) is 0.0263. The molecule has 0 N–H and O–H groups in total. The minimum atomic E-state index is -3.72. The molecule has 0 aromatic heterocycles. The van der Waals surface area contributed by atoms with E-state index in [1.54, 1.807) is 88.5 Å². The van der Waals surface area contributed by atoms with Crippen LogP contribution in [-0.4, -0.2) is 104 Å². The molecule has 0 spiro atoms. The molecule has 0 saturated carbocycles. The molecule has 104 heavy (non-hydrogen) atoms. The zero-order valence-electron chi connectivity index (χ0n) is 65.2. The highest BCUT2D eigenvalue weighted by Crippen LogP contribution is 2.37. The second kappa shape index (κ2) is 44.6. The molecule has 0 aliphatic carbocycles. The first kappa shape index (κ1) is 95.6. The van der Waals surface area contributed by atoms with Gasteiger partial charge in [-0.15, -0.1) is 12.3 Å². The van der Waals surface area contributed by atoms with E-state index in [0.29, 0.717) is 39.0 Å². The van der Waals surface area contributed by atoms with E-state index in [1.165, 1.54) is 31.0 Å². The number of hydrogen-bond acceptors (Lipinski definition) is 19. The third-order valence-electron chi connectivity index (χ3n) is 15.9. The van der Waals surface area contributed by atoms with Crippen molar-refractivity contribution >= 4 is 66.9 Å². The second-order valence-corrected chi connectivity index (χ2v) is 35.9. The topological polar surface area (TPSA) is 273 Å². The summed E-state index contributed by atoms with van der Waals surface area (Å²) in [6.07, 6.45) is 7.50. The monoisotopic (exact) mass is 1560 g/mol. The lowest BCUT2D eigenvalue weighted by atomic mass is 9.89. The molecule has 6 aromatic rings. The fourth-order valence-corrected chi connectivity index (χ4v) is 16.5. The Bertz CT molecular complexity index is 4450. The van der Waals surface area contributed by atoms with Gasteiger partial charge in [0.2, 0.25) is 0 Å². The van der Waals surface area contributed by atoms with Crippen LogP contribution < -0.4 is 0 Å². The number of nitrogens with zero attached hydrogens (tertiary/aromatic N) is 1. The van der Waals surface area contributed by atoms with Crippen molar-refractivity contribution in [1.29, 1.82) is 0 Å². The Balaban J connectivity index is 0.000000626. The van der Waals surface area contributed by atoms with E-state index in [2.05, 4.69) is 76.8 Å². The normalized spacial score (nSPS) is 12.3. The summed E-state index contributed by atoms with van der Waals surface area (Å²) < 4.78 is 171. The molecule has 578 valence electrons. The van der Waals surface area contributed by atoms with Gasteiger partial charge in [-0.1, -0.05) is 221 Å². The van der Waals surface area contributed by atoms with Crippen LogP contribution in [0.2, 0.25) is 0 Å². The van der Waals surface area contributed by atoms with E-state index in [-0.39, 0.29) is 75.6 Å². The second-order valence-electron chi connectivity index (χ2n) is 26.2. The Kier molecular flexibility index (Phi) is 41.0. The average molecular weight is 1560 g/mol. The highest BCUT2D eigenvalue weighted by molar-refractivity contribution is 7.88. The van der Waals surface area contributed by atoms with Gasteiger partial charge >= 0.3 is 0 Å². The minimum Gasteiger partial charge on any atom is -0.296 e. The molecule has 0 fully saturated rings. The van der Waals surface area contributed by atoms with Crippen LogP contribution in [0, 0.1) is 24.2 Å². The van der Waals surface area contributed by atoms with Gasteiger partial charge in [0.15, 0.2) is 0 Å². The summed E-state index contributed by atoms with van der Waals surface area (Å²) in [4.78, 5) is 5.32. The molecule has 0 aliphatic rings. The highest BCUT2D eigenvalue weighted by atomic mass is 32.2. The van der Waals surface area contributed by atoms with Gasteiger partial charge in [-0.25, -0.2) is 0 Å². The maximum absolute atomic E-state index is 12.5. The van der Waals surface area contributed by atoms with Gasteiger partial charge in [0.25, 0.3) is 60.7 Å². The van der Waals surface area contributed by atoms with Crippen LogP contribution in [0.3, 0.4) is 0 Å². The molecule has 0 amide bonds. The molecular formula is C79H113NO18S6. The molecule has 0 saturated heterocycles. The van der Waals surface area contributed by atoms with E-state index in [4.69, 9.17) is 19.0 Å². The summed E-state index contributed by atoms with van der Waals surface area (Å²) >= 11 is 0. The Morgan fingerprint density at radius 2 is 0.712 bits per heavy atom. The van der Waals surface area contributed by atoms with E-state index in [9.17, 15) is 50.5 Å². The van der Waals surface area contributed by atoms with Crippen molar-refractivity contribution in [3.05, 3.63) is 177 Å². The van der Waals surface area contributed by atoms with Gasteiger partial charge in [-0.05, 0) is 167 Å². The predicted octanol–water partition coefficient (Wildman–Crippen LogP) is 17.9. The Hall–Kier alpha value is -6.43. The third-order valence-corrected chi connectivity index (χ3v) is 24.2. The summed E-state index contributed by atoms with van der Waals surface area (Å²) in [6.45, 7) is 41.6. The number of terminal acetylenes is 1. The lowest BCUT2D eigenvalue weighted by Crippen LogP contribution is -2.15. The summed E-state index contributed by atoms with van der Waals surface area (Å²) in [5.74, 6) is 9.46. The largest absolute Gasteiger partial charge is 0.297 e. The Morgan fingerprint density at radius 1 is 0.385 bits per heavy atom. The molecule has 6 aromatic carbocycles. The maximum atomic E-state index is 12.5. The smallest absolute Gasteiger partial charge is 0.296 e. The fraction of sp³-hybridized carbons (Fsp3) is 0.481. The lowest BCUT2D eigenvalue weighted by molar-refractivity contribution is 0.335. The molecule has 25 heteroatoms. The Labute approximate surface area is 626 Å². The maximum Gasteiger partial charge on any atom is 0.297 e. The summed E-state index contributed by atoms with van der Waals surface area (Å²) in [5.41, 5.74) is 9.17. The van der Waals surface area contributed by atoms with Crippen LogP contribution in [0.25, 0.3) is 0 Å². The predicted molar refractivity (Wildman–Crippen MR) is 418 cm³/mol. The summed E-state index contributed by atoms with van der Waals surface area (Å²) in [5, 5.41) is 0. The summed E-state index contributed by atoms with van der Waals surface area (Å²) in [6, 6.07) is 35.2. The minimum absolute atomic E-state index is 0.0973. The van der Waals surface area contributed by atoms with Crippen LogP contribution in [-0.2, 0) is 85.8 Å².